The van der Waals surface area contributed by atoms with Crippen LogP contribution in [-0.2, 0) is 4.79 Å². The topological polar surface area (TPSA) is 77.8 Å². The Balaban J connectivity index is 2.24. The van der Waals surface area contributed by atoms with Crippen LogP contribution in [0.1, 0.15) is 12.0 Å². The third-order valence-corrected chi connectivity index (χ3v) is 2.75. The monoisotopic (exact) mass is 258 g/mol. The van der Waals surface area contributed by atoms with E-state index in [1.807, 2.05) is 30.3 Å². The standard InChI is InChI=1S/C15H14O4/c16-13(7-6-11-4-2-1-3-5-11)12-8-9-15(18,19)10-14(12)17/h1-9,16,18-19H,10H2. The quantitative estimate of drug-likeness (QED) is 0.429. The smallest absolute Gasteiger partial charge is 0.190 e. The van der Waals surface area contributed by atoms with Crippen molar-refractivity contribution in [3.63, 3.8) is 0 Å². The molecule has 0 unspecified atom stereocenters. The van der Waals surface area contributed by atoms with E-state index in [2.05, 4.69) is 0 Å². The van der Waals surface area contributed by atoms with Crippen molar-refractivity contribution >= 4 is 11.9 Å². The zero-order valence-electron chi connectivity index (χ0n) is 10.2. The molecule has 1 aromatic carbocycles. The average molecular weight is 258 g/mol. The molecule has 3 N–H and O–H groups in total. The first-order chi connectivity index (χ1) is 8.98. The Kier molecular flexibility index (Phi) is 3.64. The van der Waals surface area contributed by atoms with E-state index >= 15 is 0 Å². The van der Waals surface area contributed by atoms with Crippen molar-refractivity contribution in [3.05, 3.63) is 65.5 Å². The Morgan fingerprint density at radius 1 is 1.21 bits per heavy atom. The summed E-state index contributed by atoms with van der Waals surface area (Å²) >= 11 is 0. The number of hydrogen-bond acceptors (Lipinski definition) is 4. The van der Waals surface area contributed by atoms with E-state index in [0.29, 0.717) is 0 Å². The highest BCUT2D eigenvalue weighted by Gasteiger charge is 2.30. The zero-order chi connectivity index (χ0) is 13.9. The third kappa shape index (κ3) is 3.40. The predicted molar refractivity (Wildman–Crippen MR) is 71.1 cm³/mol. The van der Waals surface area contributed by atoms with Crippen LogP contribution in [0.25, 0.3) is 6.08 Å². The number of aliphatic hydroxyl groups is 3. The Morgan fingerprint density at radius 2 is 1.89 bits per heavy atom. The van der Waals surface area contributed by atoms with Crippen LogP contribution >= 0.6 is 0 Å². The molecule has 1 aliphatic carbocycles. The second-order valence-corrected chi connectivity index (χ2v) is 4.35. The fourth-order valence-electron chi connectivity index (χ4n) is 1.76. The molecule has 1 aromatic rings. The summed E-state index contributed by atoms with van der Waals surface area (Å²) < 4.78 is 0. The molecule has 0 radical (unpaired) electrons. The van der Waals surface area contributed by atoms with Crippen molar-refractivity contribution in [2.45, 2.75) is 12.2 Å². The lowest BCUT2D eigenvalue weighted by Gasteiger charge is -2.21. The maximum absolute atomic E-state index is 11.6. The molecule has 19 heavy (non-hydrogen) atoms. The molecule has 4 heteroatoms. The molecule has 1 aliphatic rings. The van der Waals surface area contributed by atoms with Gasteiger partial charge < -0.3 is 15.3 Å². The number of Topliss-reactive ketones (excluding diaryl/α,β-unsaturated/α-hetero) is 1. The van der Waals surface area contributed by atoms with Crippen LogP contribution in [-0.4, -0.2) is 26.9 Å². The lowest BCUT2D eigenvalue weighted by Crippen LogP contribution is -2.32. The molecular weight excluding hydrogens is 244 g/mol. The van der Waals surface area contributed by atoms with Gasteiger partial charge in [0.15, 0.2) is 11.6 Å². The van der Waals surface area contributed by atoms with Gasteiger partial charge in [0, 0.05) is 0 Å². The molecule has 0 amide bonds. The molecule has 4 nitrogen and oxygen atoms in total. The minimum absolute atomic E-state index is 0.0749. The molecule has 0 heterocycles. The Hall–Kier alpha value is -2.17. The van der Waals surface area contributed by atoms with E-state index in [-0.39, 0.29) is 11.3 Å². The van der Waals surface area contributed by atoms with Gasteiger partial charge in [0.2, 0.25) is 0 Å². The molecule has 0 bridgehead atoms. The molecule has 0 saturated carbocycles. The van der Waals surface area contributed by atoms with Crippen molar-refractivity contribution < 1.29 is 20.1 Å². The van der Waals surface area contributed by atoms with Crippen molar-refractivity contribution in [1.82, 2.24) is 0 Å². The van der Waals surface area contributed by atoms with Gasteiger partial charge in [-0.15, -0.1) is 0 Å². The molecule has 98 valence electrons. The molecular formula is C15H14O4. The maximum atomic E-state index is 11.6. The van der Waals surface area contributed by atoms with Gasteiger partial charge in [-0.1, -0.05) is 36.4 Å². The predicted octanol–water partition coefficient (Wildman–Crippen LogP) is 1.72. The summed E-state index contributed by atoms with van der Waals surface area (Å²) in [6, 6.07) is 9.33. The number of carbonyl (C=O) groups is 1. The largest absolute Gasteiger partial charge is 0.507 e. The number of ketones is 1. The van der Waals surface area contributed by atoms with Crippen LogP contribution < -0.4 is 0 Å². The van der Waals surface area contributed by atoms with Gasteiger partial charge in [0.05, 0.1) is 12.0 Å². The molecule has 0 saturated heterocycles. The summed E-state index contributed by atoms with van der Waals surface area (Å²) in [5.41, 5.74) is 0.964. The number of hydrogen-bond donors (Lipinski definition) is 3. The normalized spacial score (nSPS) is 20.8. The van der Waals surface area contributed by atoms with E-state index < -0.39 is 18.0 Å². The van der Waals surface area contributed by atoms with Crippen LogP contribution in [0.5, 0.6) is 0 Å². The van der Waals surface area contributed by atoms with Crippen LogP contribution in [0.3, 0.4) is 0 Å². The average Bonchev–Trinajstić information content (AvgIpc) is 2.36. The van der Waals surface area contributed by atoms with Gasteiger partial charge in [0.25, 0.3) is 0 Å². The van der Waals surface area contributed by atoms with E-state index in [0.717, 1.165) is 11.6 Å². The van der Waals surface area contributed by atoms with E-state index in [1.165, 1.54) is 12.2 Å². The maximum Gasteiger partial charge on any atom is 0.190 e. The van der Waals surface area contributed by atoms with Crippen LogP contribution in [0.15, 0.2) is 59.9 Å². The molecule has 0 spiro atoms. The summed E-state index contributed by atoms with van der Waals surface area (Å²) in [4.78, 5) is 11.6. The summed E-state index contributed by atoms with van der Waals surface area (Å²) in [6.07, 6.45) is 4.92. The SMILES string of the molecule is O=C1CC(O)(O)C=CC1=C(O)C=Cc1ccccc1. The highest BCUT2D eigenvalue weighted by atomic mass is 16.5. The van der Waals surface area contributed by atoms with Crippen molar-refractivity contribution in [3.8, 4) is 0 Å². The molecule has 0 atom stereocenters. The van der Waals surface area contributed by atoms with Crippen molar-refractivity contribution in [2.75, 3.05) is 0 Å². The number of benzene rings is 1. The van der Waals surface area contributed by atoms with Crippen LogP contribution in [0.4, 0.5) is 0 Å². The number of allylic oxidation sites excluding steroid dienone is 3. The minimum Gasteiger partial charge on any atom is -0.507 e. The highest BCUT2D eigenvalue weighted by Crippen LogP contribution is 2.22. The second kappa shape index (κ2) is 5.22. The molecule has 2 rings (SSSR count). The first-order valence-corrected chi connectivity index (χ1v) is 5.81. The van der Waals surface area contributed by atoms with Gasteiger partial charge in [-0.2, -0.15) is 0 Å². The molecule has 0 aliphatic heterocycles. The summed E-state index contributed by atoms with van der Waals surface area (Å²) in [7, 11) is 0. The number of carbonyl (C=O) groups excluding carboxylic acids is 1. The van der Waals surface area contributed by atoms with Gasteiger partial charge in [0.1, 0.15) is 5.76 Å². The summed E-state index contributed by atoms with van der Waals surface area (Å²) in [5.74, 6) is -2.83. The third-order valence-electron chi connectivity index (χ3n) is 2.75. The Labute approximate surface area is 110 Å². The number of rotatable bonds is 2. The van der Waals surface area contributed by atoms with Crippen LogP contribution in [0, 0.1) is 0 Å². The lowest BCUT2D eigenvalue weighted by molar-refractivity contribution is -0.144. The van der Waals surface area contributed by atoms with Crippen molar-refractivity contribution in [2.24, 2.45) is 0 Å². The van der Waals surface area contributed by atoms with E-state index in [1.54, 1.807) is 6.08 Å². The second-order valence-electron chi connectivity index (χ2n) is 4.35. The van der Waals surface area contributed by atoms with Gasteiger partial charge in [-0.05, 0) is 23.8 Å². The van der Waals surface area contributed by atoms with Crippen molar-refractivity contribution in [1.29, 1.82) is 0 Å². The van der Waals surface area contributed by atoms with E-state index in [4.69, 9.17) is 0 Å². The summed E-state index contributed by atoms with van der Waals surface area (Å²) in [6.45, 7) is 0. The Bertz CT molecular complexity index is 565. The highest BCUT2D eigenvalue weighted by molar-refractivity contribution is 6.00. The van der Waals surface area contributed by atoms with Gasteiger partial charge in [-0.3, -0.25) is 4.79 Å². The first-order valence-electron chi connectivity index (χ1n) is 5.81. The van der Waals surface area contributed by atoms with Gasteiger partial charge in [-0.25, -0.2) is 0 Å². The van der Waals surface area contributed by atoms with E-state index in [9.17, 15) is 20.1 Å². The zero-order valence-corrected chi connectivity index (χ0v) is 10.2. The molecule has 0 fully saturated rings. The summed E-state index contributed by atoms with van der Waals surface area (Å²) in [5, 5.41) is 28.4. The lowest BCUT2D eigenvalue weighted by atomic mass is 9.94. The van der Waals surface area contributed by atoms with Crippen LogP contribution in [0.2, 0.25) is 0 Å². The minimum atomic E-state index is -2.12. The first kappa shape index (κ1) is 13.3. The fourth-order valence-corrected chi connectivity index (χ4v) is 1.76. The molecule has 0 aromatic heterocycles. The Morgan fingerprint density at radius 3 is 2.53 bits per heavy atom. The fraction of sp³-hybridized carbons (Fsp3) is 0.133. The van der Waals surface area contributed by atoms with Gasteiger partial charge >= 0.3 is 0 Å². The number of aliphatic hydroxyl groups excluding tert-OH is 1.